The van der Waals surface area contributed by atoms with Crippen LogP contribution in [0.25, 0.3) is 0 Å². The minimum absolute atomic E-state index is 0.0839. The van der Waals surface area contributed by atoms with Crippen molar-refractivity contribution in [1.29, 1.82) is 0 Å². The van der Waals surface area contributed by atoms with Crippen molar-refractivity contribution in [1.82, 2.24) is 10.2 Å². The van der Waals surface area contributed by atoms with Crippen LogP contribution in [0.1, 0.15) is 23.6 Å². The Kier molecular flexibility index (Phi) is 8.30. The maximum Gasteiger partial charge on any atom is 0.264 e. The molecular weight excluding hydrogens is 462 g/mol. The molecule has 0 aromatic heterocycles. The van der Waals surface area contributed by atoms with Crippen molar-refractivity contribution in [3.63, 3.8) is 0 Å². The number of nitrogens with zero attached hydrogens (tertiary/aromatic N) is 2. The van der Waals surface area contributed by atoms with E-state index in [9.17, 15) is 18.0 Å². The van der Waals surface area contributed by atoms with Crippen molar-refractivity contribution in [2.45, 2.75) is 38.3 Å². The van der Waals surface area contributed by atoms with Gasteiger partial charge in [0.05, 0.1) is 10.6 Å². The largest absolute Gasteiger partial charge is 0.357 e. The number of carbonyl (C=O) groups is 2. The van der Waals surface area contributed by atoms with Crippen LogP contribution in [0, 0.1) is 13.8 Å². The van der Waals surface area contributed by atoms with Crippen LogP contribution in [-0.2, 0) is 26.2 Å². The highest BCUT2D eigenvalue weighted by molar-refractivity contribution is 7.92. The second-order valence-electron chi connectivity index (χ2n) is 8.41. The van der Waals surface area contributed by atoms with Crippen LogP contribution in [0.4, 0.5) is 5.69 Å². The molecule has 0 spiro atoms. The number of likely N-dealkylation sites (N-methyl/N-ethyl adjacent to an activating group) is 1. The average Bonchev–Trinajstić information content (AvgIpc) is 2.85. The van der Waals surface area contributed by atoms with Gasteiger partial charge >= 0.3 is 0 Å². The van der Waals surface area contributed by atoms with E-state index in [2.05, 4.69) is 5.32 Å². The molecule has 0 aliphatic rings. The maximum atomic E-state index is 13.7. The fraction of sp³-hybridized carbons (Fsp3) is 0.259. The summed E-state index contributed by atoms with van der Waals surface area (Å²) in [5, 5.41) is 2.58. The molecule has 0 fully saturated rings. The first-order valence-electron chi connectivity index (χ1n) is 11.3. The number of anilines is 1. The zero-order valence-electron chi connectivity index (χ0n) is 20.4. The molecule has 3 aromatic carbocycles. The number of para-hydroxylation sites is 1. The van der Waals surface area contributed by atoms with Gasteiger partial charge in [-0.3, -0.25) is 13.9 Å². The van der Waals surface area contributed by atoms with Crippen LogP contribution in [-0.4, -0.2) is 44.8 Å². The van der Waals surface area contributed by atoms with E-state index in [1.54, 1.807) is 50.2 Å². The van der Waals surface area contributed by atoms with E-state index >= 15 is 0 Å². The number of aryl methyl sites for hydroxylation is 2. The first-order chi connectivity index (χ1) is 16.6. The van der Waals surface area contributed by atoms with Gasteiger partial charge in [0, 0.05) is 13.6 Å². The van der Waals surface area contributed by atoms with Crippen LogP contribution in [0.5, 0.6) is 0 Å². The van der Waals surface area contributed by atoms with Gasteiger partial charge in [-0.15, -0.1) is 0 Å². The molecule has 0 heterocycles. The number of hydrogen-bond acceptors (Lipinski definition) is 4. The fourth-order valence-electron chi connectivity index (χ4n) is 3.87. The van der Waals surface area contributed by atoms with Gasteiger partial charge in [-0.1, -0.05) is 66.2 Å². The number of sulfonamides is 1. The third-order valence-electron chi connectivity index (χ3n) is 5.84. The summed E-state index contributed by atoms with van der Waals surface area (Å²) in [6.45, 7) is 5.10. The van der Waals surface area contributed by atoms with Crippen molar-refractivity contribution in [2.75, 3.05) is 17.9 Å². The molecule has 7 nitrogen and oxygen atoms in total. The van der Waals surface area contributed by atoms with Crippen molar-refractivity contribution in [2.24, 2.45) is 0 Å². The van der Waals surface area contributed by atoms with Gasteiger partial charge in [0.15, 0.2) is 0 Å². The Morgan fingerprint density at radius 3 is 2.20 bits per heavy atom. The fourth-order valence-corrected chi connectivity index (χ4v) is 5.37. The minimum atomic E-state index is -4.05. The second-order valence-corrected chi connectivity index (χ2v) is 10.3. The molecule has 0 unspecified atom stereocenters. The Morgan fingerprint density at radius 2 is 1.57 bits per heavy atom. The first-order valence-corrected chi connectivity index (χ1v) is 12.8. The quantitative estimate of drug-likeness (QED) is 0.493. The summed E-state index contributed by atoms with van der Waals surface area (Å²) in [6.07, 6.45) is 0. The van der Waals surface area contributed by atoms with Crippen LogP contribution in [0.15, 0.2) is 83.8 Å². The predicted molar refractivity (Wildman–Crippen MR) is 137 cm³/mol. The van der Waals surface area contributed by atoms with Gasteiger partial charge in [-0.25, -0.2) is 8.42 Å². The summed E-state index contributed by atoms with van der Waals surface area (Å²) in [7, 11) is -2.54. The van der Waals surface area contributed by atoms with E-state index in [4.69, 9.17) is 0 Å². The molecule has 0 aliphatic carbocycles. The Labute approximate surface area is 207 Å². The summed E-state index contributed by atoms with van der Waals surface area (Å²) < 4.78 is 28.5. The lowest BCUT2D eigenvalue weighted by Gasteiger charge is -2.32. The van der Waals surface area contributed by atoms with Crippen molar-refractivity contribution in [3.8, 4) is 0 Å². The molecule has 8 heteroatoms. The third kappa shape index (κ3) is 6.08. The standard InChI is InChI=1S/C27H31N3O4S/c1-20-11-10-13-23(17-20)18-29(22(3)27(32)28-4)26(31)19-30(25-16-9-8-12-21(25)2)35(33,34)24-14-6-5-7-15-24/h5-17,22H,18-19H2,1-4H3,(H,28,32)/t22-/m1/s1. The molecule has 1 atom stereocenters. The molecule has 3 rings (SSSR count). The molecule has 0 saturated carbocycles. The van der Waals surface area contributed by atoms with Gasteiger partial charge in [0.25, 0.3) is 10.0 Å². The van der Waals surface area contributed by atoms with E-state index in [1.165, 1.54) is 24.1 Å². The van der Waals surface area contributed by atoms with Crippen molar-refractivity contribution >= 4 is 27.5 Å². The van der Waals surface area contributed by atoms with Crippen LogP contribution < -0.4 is 9.62 Å². The van der Waals surface area contributed by atoms with Gasteiger partial charge < -0.3 is 10.2 Å². The monoisotopic (exact) mass is 493 g/mol. The zero-order chi connectivity index (χ0) is 25.6. The van der Waals surface area contributed by atoms with E-state index in [-0.39, 0.29) is 17.3 Å². The lowest BCUT2D eigenvalue weighted by atomic mass is 10.1. The number of carbonyl (C=O) groups excluding carboxylic acids is 2. The number of nitrogens with one attached hydrogen (secondary N) is 1. The molecule has 2 amide bonds. The van der Waals surface area contributed by atoms with E-state index < -0.39 is 28.5 Å². The molecule has 184 valence electrons. The van der Waals surface area contributed by atoms with E-state index in [0.29, 0.717) is 11.3 Å². The molecule has 0 bridgehead atoms. The number of benzene rings is 3. The Hall–Kier alpha value is -3.65. The summed E-state index contributed by atoms with van der Waals surface area (Å²) >= 11 is 0. The van der Waals surface area contributed by atoms with Crippen LogP contribution in [0.2, 0.25) is 0 Å². The summed E-state index contributed by atoms with van der Waals surface area (Å²) in [5.41, 5.74) is 3.00. The average molecular weight is 494 g/mol. The Morgan fingerprint density at radius 1 is 0.914 bits per heavy atom. The Bertz CT molecular complexity index is 1290. The van der Waals surface area contributed by atoms with Gasteiger partial charge in [0.2, 0.25) is 11.8 Å². The molecule has 1 N–H and O–H groups in total. The van der Waals surface area contributed by atoms with Gasteiger partial charge in [0.1, 0.15) is 12.6 Å². The highest BCUT2D eigenvalue weighted by Gasteiger charge is 2.32. The molecule has 0 radical (unpaired) electrons. The van der Waals surface area contributed by atoms with Crippen LogP contribution in [0.3, 0.4) is 0 Å². The number of rotatable bonds is 9. The van der Waals surface area contributed by atoms with Crippen molar-refractivity contribution in [3.05, 3.63) is 95.6 Å². The zero-order valence-corrected chi connectivity index (χ0v) is 21.2. The highest BCUT2D eigenvalue weighted by atomic mass is 32.2. The topological polar surface area (TPSA) is 86.8 Å². The SMILES string of the molecule is CNC(=O)[C@@H](C)N(Cc1cccc(C)c1)C(=O)CN(c1ccccc1C)S(=O)(=O)c1ccccc1. The van der Waals surface area contributed by atoms with Gasteiger partial charge in [-0.05, 0) is 50.1 Å². The smallest absolute Gasteiger partial charge is 0.264 e. The molecule has 35 heavy (non-hydrogen) atoms. The molecule has 3 aromatic rings. The lowest BCUT2D eigenvalue weighted by molar-refractivity contribution is -0.139. The highest BCUT2D eigenvalue weighted by Crippen LogP contribution is 2.27. The second kappa shape index (κ2) is 11.2. The maximum absolute atomic E-state index is 13.7. The Balaban J connectivity index is 2.04. The lowest BCUT2D eigenvalue weighted by Crippen LogP contribution is -2.50. The number of hydrogen-bond donors (Lipinski definition) is 1. The molecular formula is C27H31N3O4S. The van der Waals surface area contributed by atoms with Gasteiger partial charge in [-0.2, -0.15) is 0 Å². The first kappa shape index (κ1) is 26.0. The molecule has 0 saturated heterocycles. The van der Waals surface area contributed by atoms with E-state index in [1.807, 2.05) is 37.3 Å². The summed E-state index contributed by atoms with van der Waals surface area (Å²) in [6, 6.07) is 21.9. The van der Waals surface area contributed by atoms with Crippen LogP contribution >= 0.6 is 0 Å². The molecule has 0 aliphatic heterocycles. The summed E-state index contributed by atoms with van der Waals surface area (Å²) in [4.78, 5) is 27.7. The normalized spacial score (nSPS) is 12.0. The third-order valence-corrected chi connectivity index (χ3v) is 7.62. The van der Waals surface area contributed by atoms with Crippen molar-refractivity contribution < 1.29 is 18.0 Å². The number of amides is 2. The summed E-state index contributed by atoms with van der Waals surface area (Å²) in [5.74, 6) is -0.815. The minimum Gasteiger partial charge on any atom is -0.357 e. The van der Waals surface area contributed by atoms with E-state index in [0.717, 1.165) is 15.4 Å². The predicted octanol–water partition coefficient (Wildman–Crippen LogP) is 3.66.